The van der Waals surface area contributed by atoms with E-state index in [1.807, 2.05) is 55.5 Å². The van der Waals surface area contributed by atoms with Crippen LogP contribution in [0, 0.1) is 6.92 Å². The Morgan fingerprint density at radius 2 is 1.81 bits per heavy atom. The van der Waals surface area contributed by atoms with Crippen LogP contribution in [0.5, 0.6) is 5.75 Å². The second kappa shape index (κ2) is 10.8. The van der Waals surface area contributed by atoms with Crippen molar-refractivity contribution >= 4 is 29.2 Å². The quantitative estimate of drug-likeness (QED) is 0.464. The van der Waals surface area contributed by atoms with E-state index in [0.717, 1.165) is 48.4 Å². The molecule has 8 heteroatoms. The van der Waals surface area contributed by atoms with E-state index in [-0.39, 0.29) is 17.9 Å². The van der Waals surface area contributed by atoms with Crippen LogP contribution in [-0.2, 0) is 6.54 Å². The molecule has 2 aliphatic rings. The first-order chi connectivity index (χ1) is 17.9. The molecule has 0 aliphatic carbocycles. The van der Waals surface area contributed by atoms with E-state index in [1.54, 1.807) is 19.4 Å². The second-order valence-corrected chi connectivity index (χ2v) is 10.2. The van der Waals surface area contributed by atoms with E-state index < -0.39 is 0 Å². The number of aromatic nitrogens is 1. The zero-order chi connectivity index (χ0) is 25.9. The highest BCUT2D eigenvalue weighted by molar-refractivity contribution is 6.30. The molecule has 0 radical (unpaired) electrons. The van der Waals surface area contributed by atoms with Gasteiger partial charge in [0.25, 0.3) is 11.8 Å². The van der Waals surface area contributed by atoms with Crippen molar-refractivity contribution in [2.24, 2.45) is 0 Å². The Balaban J connectivity index is 1.19. The predicted molar refractivity (Wildman–Crippen MR) is 144 cm³/mol. The van der Waals surface area contributed by atoms with Gasteiger partial charge in [0.15, 0.2) is 0 Å². The molecule has 7 nitrogen and oxygen atoms in total. The van der Waals surface area contributed by atoms with Gasteiger partial charge in [-0.1, -0.05) is 29.8 Å². The highest BCUT2D eigenvalue weighted by Gasteiger charge is 2.42. The average molecular weight is 519 g/mol. The molecule has 2 atom stereocenters. The maximum absolute atomic E-state index is 13.0. The third kappa shape index (κ3) is 5.42. The molecule has 5 rings (SSSR count). The molecule has 2 amide bonds. The van der Waals surface area contributed by atoms with Crippen LogP contribution in [0.25, 0.3) is 0 Å². The number of benzene rings is 2. The standard InChI is InChI=1S/C29H31ClN4O3/c1-18-25(7-4-8-26(18)37-2)29(36)33-22-14-23-10-11-24(15-22)34(23)27-12-9-20(17-31-27)28(35)32-16-19-5-3-6-21(30)13-19/h3-9,12-13,17,22-24H,10-11,14-16H2,1-2H3,(H,32,35)(H,33,36). The molecular weight excluding hydrogens is 488 g/mol. The van der Waals surface area contributed by atoms with Gasteiger partial charge < -0.3 is 20.3 Å². The number of anilines is 1. The second-order valence-electron chi connectivity index (χ2n) is 9.78. The molecule has 3 aromatic rings. The summed E-state index contributed by atoms with van der Waals surface area (Å²) in [7, 11) is 1.62. The topological polar surface area (TPSA) is 83.6 Å². The number of methoxy groups -OCH3 is 1. The van der Waals surface area contributed by atoms with Gasteiger partial charge in [-0.25, -0.2) is 4.98 Å². The van der Waals surface area contributed by atoms with Gasteiger partial charge in [0.05, 0.1) is 12.7 Å². The Hall–Kier alpha value is -3.58. The van der Waals surface area contributed by atoms with Crippen LogP contribution < -0.4 is 20.3 Å². The fourth-order valence-corrected chi connectivity index (χ4v) is 5.83. The van der Waals surface area contributed by atoms with E-state index in [2.05, 4.69) is 20.5 Å². The average Bonchev–Trinajstić information content (AvgIpc) is 3.17. The molecule has 2 N–H and O–H groups in total. The molecule has 2 fully saturated rings. The van der Waals surface area contributed by atoms with Crippen LogP contribution in [0.1, 0.15) is 57.5 Å². The smallest absolute Gasteiger partial charge is 0.253 e. The number of pyridine rings is 1. The van der Waals surface area contributed by atoms with Gasteiger partial charge >= 0.3 is 0 Å². The van der Waals surface area contributed by atoms with Crippen LogP contribution in [0.4, 0.5) is 5.82 Å². The third-order valence-corrected chi connectivity index (χ3v) is 7.67. The van der Waals surface area contributed by atoms with Crippen LogP contribution in [0.3, 0.4) is 0 Å². The lowest BCUT2D eigenvalue weighted by Gasteiger charge is -2.40. The Bertz CT molecular complexity index is 1280. The summed E-state index contributed by atoms with van der Waals surface area (Å²) in [6.45, 7) is 2.31. The molecule has 2 aliphatic heterocycles. The Labute approximate surface area is 222 Å². The first-order valence-corrected chi connectivity index (χ1v) is 13.0. The third-order valence-electron chi connectivity index (χ3n) is 7.43. The molecule has 2 unspecified atom stereocenters. The SMILES string of the molecule is COc1cccc(C(=O)NC2CC3CCC(C2)N3c2ccc(C(=O)NCc3cccc(Cl)c3)cn2)c1C. The number of halogens is 1. The van der Waals surface area contributed by atoms with E-state index in [1.165, 1.54) is 0 Å². The van der Waals surface area contributed by atoms with Crippen molar-refractivity contribution in [3.8, 4) is 5.75 Å². The largest absolute Gasteiger partial charge is 0.496 e. The summed E-state index contributed by atoms with van der Waals surface area (Å²) in [5.74, 6) is 1.37. The van der Waals surface area contributed by atoms with Crippen molar-refractivity contribution in [1.82, 2.24) is 15.6 Å². The van der Waals surface area contributed by atoms with Crippen molar-refractivity contribution in [2.75, 3.05) is 12.0 Å². The summed E-state index contributed by atoms with van der Waals surface area (Å²) < 4.78 is 5.37. The number of nitrogens with zero attached hydrogens (tertiary/aromatic N) is 2. The first-order valence-electron chi connectivity index (χ1n) is 12.6. The lowest BCUT2D eigenvalue weighted by Crippen LogP contribution is -2.50. The highest BCUT2D eigenvalue weighted by Crippen LogP contribution is 2.38. The van der Waals surface area contributed by atoms with Crippen molar-refractivity contribution in [3.63, 3.8) is 0 Å². The zero-order valence-electron chi connectivity index (χ0n) is 21.0. The van der Waals surface area contributed by atoms with Gasteiger partial charge in [-0.15, -0.1) is 0 Å². The summed E-state index contributed by atoms with van der Waals surface area (Å²) in [5.41, 5.74) is 2.97. The highest BCUT2D eigenvalue weighted by atomic mass is 35.5. The molecule has 0 saturated carbocycles. The summed E-state index contributed by atoms with van der Waals surface area (Å²) in [4.78, 5) is 32.6. The number of rotatable bonds is 7. The summed E-state index contributed by atoms with van der Waals surface area (Å²) in [6, 6.07) is 17.5. The van der Waals surface area contributed by atoms with E-state index in [9.17, 15) is 9.59 Å². The number of carbonyl (C=O) groups is 2. The van der Waals surface area contributed by atoms with Gasteiger partial charge in [0.1, 0.15) is 11.6 Å². The Morgan fingerprint density at radius 1 is 1.05 bits per heavy atom. The maximum Gasteiger partial charge on any atom is 0.253 e. The molecule has 3 heterocycles. The summed E-state index contributed by atoms with van der Waals surface area (Å²) in [6.07, 6.45) is 5.52. The molecule has 1 aromatic heterocycles. The number of piperidine rings is 1. The van der Waals surface area contributed by atoms with E-state index in [0.29, 0.717) is 34.8 Å². The molecule has 2 saturated heterocycles. The van der Waals surface area contributed by atoms with E-state index >= 15 is 0 Å². The van der Waals surface area contributed by atoms with Crippen LogP contribution >= 0.6 is 11.6 Å². The molecule has 0 spiro atoms. The van der Waals surface area contributed by atoms with Gasteiger partial charge in [0.2, 0.25) is 0 Å². The van der Waals surface area contributed by atoms with Gasteiger partial charge in [-0.05, 0) is 74.6 Å². The molecule has 2 aromatic carbocycles. The van der Waals surface area contributed by atoms with Crippen LogP contribution in [-0.4, -0.2) is 42.0 Å². The monoisotopic (exact) mass is 518 g/mol. The van der Waals surface area contributed by atoms with Gasteiger partial charge in [0, 0.05) is 47.0 Å². The number of amides is 2. The predicted octanol–water partition coefficient (Wildman–Crippen LogP) is 4.91. The van der Waals surface area contributed by atoms with Crippen molar-refractivity contribution in [1.29, 1.82) is 0 Å². The summed E-state index contributed by atoms with van der Waals surface area (Å²) >= 11 is 6.02. The Morgan fingerprint density at radius 3 is 2.49 bits per heavy atom. The fraction of sp³-hybridized carbons (Fsp3) is 0.345. The Kier molecular flexibility index (Phi) is 7.33. The number of hydrogen-bond acceptors (Lipinski definition) is 5. The van der Waals surface area contributed by atoms with Gasteiger partial charge in [-0.2, -0.15) is 0 Å². The van der Waals surface area contributed by atoms with Crippen molar-refractivity contribution in [2.45, 2.75) is 57.3 Å². The van der Waals surface area contributed by atoms with Gasteiger partial charge in [-0.3, -0.25) is 9.59 Å². The molecule has 192 valence electrons. The minimum Gasteiger partial charge on any atom is -0.496 e. The number of nitrogens with one attached hydrogen (secondary N) is 2. The number of ether oxygens (including phenoxy) is 1. The first kappa shape index (κ1) is 25.1. The lowest BCUT2D eigenvalue weighted by atomic mass is 9.96. The minimum absolute atomic E-state index is 0.0551. The normalized spacial score (nSPS) is 20.4. The van der Waals surface area contributed by atoms with Crippen LogP contribution in [0.2, 0.25) is 5.02 Å². The van der Waals surface area contributed by atoms with Crippen molar-refractivity contribution in [3.05, 3.63) is 88.1 Å². The summed E-state index contributed by atoms with van der Waals surface area (Å²) in [5, 5.41) is 6.82. The van der Waals surface area contributed by atoms with Crippen molar-refractivity contribution < 1.29 is 14.3 Å². The maximum atomic E-state index is 13.0. The molecule has 37 heavy (non-hydrogen) atoms. The lowest BCUT2D eigenvalue weighted by molar-refractivity contribution is 0.0923. The zero-order valence-corrected chi connectivity index (χ0v) is 21.8. The van der Waals surface area contributed by atoms with Crippen LogP contribution in [0.15, 0.2) is 60.8 Å². The number of carbonyl (C=O) groups excluding carboxylic acids is 2. The van der Waals surface area contributed by atoms with E-state index in [4.69, 9.17) is 16.3 Å². The number of hydrogen-bond donors (Lipinski definition) is 2. The molecular formula is C29H31ClN4O3. The number of fused-ring (bicyclic) bond motifs is 2. The molecule has 2 bridgehead atoms. The minimum atomic E-state index is -0.170. The fourth-order valence-electron chi connectivity index (χ4n) is 5.62.